The van der Waals surface area contributed by atoms with Crippen LogP contribution < -0.4 is 5.56 Å². The van der Waals surface area contributed by atoms with Crippen molar-refractivity contribution in [1.82, 2.24) is 9.97 Å². The number of hydrogen-bond acceptors (Lipinski definition) is 3. The first-order valence-corrected chi connectivity index (χ1v) is 5.36. The summed E-state index contributed by atoms with van der Waals surface area (Å²) >= 11 is 4.88. The van der Waals surface area contributed by atoms with Crippen LogP contribution in [0.15, 0.2) is 9.27 Å². The van der Waals surface area contributed by atoms with E-state index < -0.39 is 0 Å². The van der Waals surface area contributed by atoms with Gasteiger partial charge in [0.2, 0.25) is 0 Å². The van der Waals surface area contributed by atoms with Crippen molar-refractivity contribution in [3.05, 3.63) is 25.5 Å². The maximum atomic E-state index is 11.5. The zero-order valence-corrected chi connectivity index (χ0v) is 9.54. The molecule has 0 aliphatic heterocycles. The van der Waals surface area contributed by atoms with E-state index >= 15 is 0 Å². The maximum absolute atomic E-state index is 11.5. The second kappa shape index (κ2) is 2.92. The quantitative estimate of drug-likeness (QED) is 0.789. The molecule has 0 amide bonds. The molecule has 0 aliphatic rings. The Hall–Kier alpha value is -0.680. The fraction of sp³-hybridized carbons (Fsp3) is 0.250. The van der Waals surface area contributed by atoms with E-state index in [0.717, 1.165) is 14.9 Å². The third kappa shape index (κ3) is 1.32. The molecule has 0 atom stereocenters. The summed E-state index contributed by atoms with van der Waals surface area (Å²) in [5, 5.41) is 0. The Labute approximate surface area is 87.0 Å². The zero-order chi connectivity index (χ0) is 9.59. The van der Waals surface area contributed by atoms with E-state index in [4.69, 9.17) is 0 Å². The Morgan fingerprint density at radius 3 is 2.85 bits per heavy atom. The molecule has 0 spiro atoms. The lowest BCUT2D eigenvalue weighted by Crippen LogP contribution is -2.07. The van der Waals surface area contributed by atoms with E-state index in [2.05, 4.69) is 25.9 Å². The summed E-state index contributed by atoms with van der Waals surface area (Å²) in [7, 11) is 0. The molecule has 13 heavy (non-hydrogen) atoms. The van der Waals surface area contributed by atoms with Crippen molar-refractivity contribution in [2.45, 2.75) is 13.8 Å². The van der Waals surface area contributed by atoms with Crippen molar-refractivity contribution in [2.24, 2.45) is 0 Å². The van der Waals surface area contributed by atoms with E-state index in [1.165, 1.54) is 11.3 Å². The van der Waals surface area contributed by atoms with Crippen molar-refractivity contribution >= 4 is 37.5 Å². The van der Waals surface area contributed by atoms with Gasteiger partial charge in [0.1, 0.15) is 16.0 Å². The molecule has 0 bridgehead atoms. The van der Waals surface area contributed by atoms with Crippen LogP contribution in [0.4, 0.5) is 0 Å². The highest BCUT2D eigenvalue weighted by atomic mass is 79.9. The Bertz CT molecular complexity index is 529. The van der Waals surface area contributed by atoms with Crippen molar-refractivity contribution in [2.75, 3.05) is 0 Å². The number of aromatic amines is 1. The summed E-state index contributed by atoms with van der Waals surface area (Å²) in [5.74, 6) is 0.649. The van der Waals surface area contributed by atoms with Crippen LogP contribution in [0.2, 0.25) is 0 Å². The highest BCUT2D eigenvalue weighted by Crippen LogP contribution is 2.31. The molecule has 0 aromatic carbocycles. The molecule has 0 saturated heterocycles. The van der Waals surface area contributed by atoms with E-state index in [0.29, 0.717) is 10.5 Å². The molecule has 1 N–H and O–H groups in total. The molecule has 2 rings (SSSR count). The smallest absolute Gasteiger partial charge is 0.268 e. The third-order valence-electron chi connectivity index (χ3n) is 1.77. The number of aryl methyl sites for hydroxylation is 2. The van der Waals surface area contributed by atoms with Gasteiger partial charge in [0.25, 0.3) is 5.56 Å². The number of aromatic nitrogens is 2. The fourth-order valence-corrected chi connectivity index (χ4v) is 2.72. The number of halogens is 1. The van der Waals surface area contributed by atoms with Gasteiger partial charge >= 0.3 is 0 Å². The molecular weight excluding hydrogens is 252 g/mol. The van der Waals surface area contributed by atoms with Gasteiger partial charge in [0.15, 0.2) is 0 Å². The van der Waals surface area contributed by atoms with Crippen molar-refractivity contribution in [3.63, 3.8) is 0 Å². The Morgan fingerprint density at radius 2 is 2.15 bits per heavy atom. The van der Waals surface area contributed by atoms with Crippen molar-refractivity contribution < 1.29 is 0 Å². The first-order valence-electron chi connectivity index (χ1n) is 3.75. The molecule has 2 aromatic rings. The predicted molar refractivity (Wildman–Crippen MR) is 57.4 cm³/mol. The lowest BCUT2D eigenvalue weighted by atomic mass is 10.4. The summed E-state index contributed by atoms with van der Waals surface area (Å²) in [4.78, 5) is 19.5. The van der Waals surface area contributed by atoms with Crippen LogP contribution in [0.5, 0.6) is 0 Å². The number of hydrogen-bond donors (Lipinski definition) is 1. The molecule has 2 aromatic heterocycles. The number of nitrogens with one attached hydrogen (secondary N) is 1. The largest absolute Gasteiger partial charge is 0.310 e. The van der Waals surface area contributed by atoms with Gasteiger partial charge in [-0.25, -0.2) is 4.98 Å². The SMILES string of the molecule is Cc1nc2c(Br)c(C)sc2c(=O)[nH]1. The summed E-state index contributed by atoms with van der Waals surface area (Å²) in [6, 6.07) is 0. The first kappa shape index (κ1) is 8.90. The van der Waals surface area contributed by atoms with Gasteiger partial charge in [-0.2, -0.15) is 0 Å². The van der Waals surface area contributed by atoms with Gasteiger partial charge in [-0.3, -0.25) is 4.79 Å². The number of H-pyrrole nitrogens is 1. The highest BCUT2D eigenvalue weighted by molar-refractivity contribution is 9.10. The number of rotatable bonds is 0. The van der Waals surface area contributed by atoms with E-state index in [-0.39, 0.29) is 5.56 Å². The summed E-state index contributed by atoms with van der Waals surface area (Å²) < 4.78 is 1.62. The average Bonchev–Trinajstić information content (AvgIpc) is 2.32. The monoisotopic (exact) mass is 258 g/mol. The highest BCUT2D eigenvalue weighted by Gasteiger charge is 2.10. The summed E-state index contributed by atoms with van der Waals surface area (Å²) in [6.07, 6.45) is 0. The van der Waals surface area contributed by atoms with E-state index in [1.54, 1.807) is 6.92 Å². The minimum atomic E-state index is -0.0544. The molecule has 0 aliphatic carbocycles. The van der Waals surface area contributed by atoms with Crippen LogP contribution in [0, 0.1) is 13.8 Å². The van der Waals surface area contributed by atoms with Gasteiger partial charge in [0.05, 0.1) is 4.47 Å². The van der Waals surface area contributed by atoms with Crippen LogP contribution in [0.1, 0.15) is 10.7 Å². The second-order valence-corrected chi connectivity index (χ2v) is 4.82. The maximum Gasteiger partial charge on any atom is 0.268 e. The van der Waals surface area contributed by atoms with Crippen molar-refractivity contribution in [1.29, 1.82) is 0 Å². The summed E-state index contributed by atoms with van der Waals surface area (Å²) in [5.41, 5.74) is 0.713. The van der Waals surface area contributed by atoms with E-state index in [9.17, 15) is 4.79 Å². The Balaban J connectivity index is 3.03. The van der Waals surface area contributed by atoms with Crippen LogP contribution in [0.3, 0.4) is 0 Å². The molecule has 68 valence electrons. The lowest BCUT2D eigenvalue weighted by molar-refractivity contribution is 1.06. The normalized spacial score (nSPS) is 11.0. The minimum absolute atomic E-state index is 0.0544. The first-order chi connectivity index (χ1) is 6.09. The van der Waals surface area contributed by atoms with Gasteiger partial charge in [-0.15, -0.1) is 11.3 Å². The Morgan fingerprint density at radius 1 is 1.46 bits per heavy atom. The standard InChI is InChI=1S/C8H7BrN2OS/c1-3-5(9)6-7(13-3)8(12)11-4(2)10-6/h1-2H3,(H,10,11,12). The lowest BCUT2D eigenvalue weighted by Gasteiger charge is -1.92. The molecule has 2 heterocycles. The molecule has 0 fully saturated rings. The van der Waals surface area contributed by atoms with Crippen LogP contribution in [0.25, 0.3) is 10.2 Å². The molecule has 0 radical (unpaired) electrons. The topological polar surface area (TPSA) is 45.8 Å². The number of thiophene rings is 1. The number of nitrogens with zero attached hydrogens (tertiary/aromatic N) is 1. The van der Waals surface area contributed by atoms with Crippen LogP contribution in [-0.2, 0) is 0 Å². The fourth-order valence-electron chi connectivity index (χ4n) is 1.18. The van der Waals surface area contributed by atoms with Gasteiger partial charge in [-0.05, 0) is 29.8 Å². The molecule has 0 unspecified atom stereocenters. The Kier molecular flexibility index (Phi) is 2.00. The third-order valence-corrected chi connectivity index (χ3v) is 4.09. The van der Waals surface area contributed by atoms with Crippen LogP contribution >= 0.6 is 27.3 Å². The van der Waals surface area contributed by atoms with E-state index in [1.807, 2.05) is 6.92 Å². The van der Waals surface area contributed by atoms with Gasteiger partial charge in [0, 0.05) is 4.88 Å². The average molecular weight is 259 g/mol. The second-order valence-electron chi connectivity index (χ2n) is 2.80. The summed E-state index contributed by atoms with van der Waals surface area (Å²) in [6.45, 7) is 3.74. The van der Waals surface area contributed by atoms with Crippen LogP contribution in [-0.4, -0.2) is 9.97 Å². The zero-order valence-electron chi connectivity index (χ0n) is 7.14. The predicted octanol–water partition coefficient (Wildman–Crippen LogP) is 2.36. The molecule has 0 saturated carbocycles. The number of fused-ring (bicyclic) bond motifs is 1. The van der Waals surface area contributed by atoms with Gasteiger partial charge in [-0.1, -0.05) is 0 Å². The molecule has 3 nitrogen and oxygen atoms in total. The minimum Gasteiger partial charge on any atom is -0.310 e. The molecule has 5 heteroatoms. The van der Waals surface area contributed by atoms with Crippen molar-refractivity contribution in [3.8, 4) is 0 Å². The molecular formula is C8H7BrN2OS. The van der Waals surface area contributed by atoms with Gasteiger partial charge < -0.3 is 4.98 Å².